The van der Waals surface area contributed by atoms with Crippen molar-refractivity contribution in [3.05, 3.63) is 78.7 Å². The lowest BCUT2D eigenvalue weighted by Crippen LogP contribution is -2.40. The number of benzene rings is 2. The number of aliphatic carboxylic acids is 1. The predicted molar refractivity (Wildman–Crippen MR) is 160 cm³/mol. The molecule has 1 N–H and O–H groups in total. The Balaban J connectivity index is 1.61. The Kier molecular flexibility index (Phi) is 8.85. The summed E-state index contributed by atoms with van der Waals surface area (Å²) in [6.07, 6.45) is 3.53. The van der Waals surface area contributed by atoms with Gasteiger partial charge in [0, 0.05) is 58.4 Å². The van der Waals surface area contributed by atoms with Crippen molar-refractivity contribution < 1.29 is 29.0 Å². The normalized spacial score (nSPS) is 17.6. The molecule has 2 aromatic carbocycles. The molecule has 2 aliphatic carbocycles. The van der Waals surface area contributed by atoms with Crippen molar-refractivity contribution in [2.24, 2.45) is 0 Å². The summed E-state index contributed by atoms with van der Waals surface area (Å²) in [5.74, 6) is -0.262. The maximum absolute atomic E-state index is 13.5. The first-order chi connectivity index (χ1) is 19.3. The first-order valence-corrected chi connectivity index (χ1v) is 15.1. The molecule has 9 heteroatoms. The number of allylic oxidation sites excluding steroid dienone is 4. The van der Waals surface area contributed by atoms with Gasteiger partial charge in [-0.25, -0.2) is 0 Å². The number of carbonyl (C=O) groups is 3. The van der Waals surface area contributed by atoms with Crippen LogP contribution in [0.25, 0.3) is 0 Å². The number of rotatable bonds is 9. The van der Waals surface area contributed by atoms with Crippen molar-refractivity contribution in [1.29, 1.82) is 0 Å². The van der Waals surface area contributed by atoms with Gasteiger partial charge in [0.15, 0.2) is 23.1 Å². The van der Waals surface area contributed by atoms with Crippen LogP contribution in [0.2, 0.25) is 5.02 Å². The van der Waals surface area contributed by atoms with Gasteiger partial charge in [-0.05, 0) is 79.0 Å². The van der Waals surface area contributed by atoms with Crippen LogP contribution in [0.1, 0.15) is 68.9 Å². The smallest absolute Gasteiger partial charge is 0.305 e. The minimum Gasteiger partial charge on any atom is -0.490 e. The third-order valence-corrected chi connectivity index (χ3v) is 8.80. The Bertz CT molecular complexity index is 1390. The minimum absolute atomic E-state index is 0.0171. The van der Waals surface area contributed by atoms with Gasteiger partial charge in [-0.1, -0.05) is 29.8 Å². The van der Waals surface area contributed by atoms with E-state index in [9.17, 15) is 19.5 Å². The standard InChI is InChI=1S/C31H31ClINO6/c1-2-39-26-16-19(15-21(33)31(26)40-17-18-7-3-4-8-20(18)32)28-29-22(9-5-11-24(29)35)34(14-13-27(37)38)23-10-6-12-25(36)30(23)28/h3-4,7-8,15-16,28H,2,5-6,9-14,17H2,1H3,(H,37,38). The Morgan fingerprint density at radius 2 is 1.68 bits per heavy atom. The molecule has 7 nitrogen and oxygen atoms in total. The average molecular weight is 676 g/mol. The SMILES string of the molecule is CCOc1cc(C2C3=C(CCCC3=O)N(CCC(=O)O)C3=C2C(=O)CCC3)cc(I)c1OCc1ccccc1Cl. The second-order valence-corrected chi connectivity index (χ2v) is 11.7. The summed E-state index contributed by atoms with van der Waals surface area (Å²) < 4.78 is 13.1. The highest BCUT2D eigenvalue weighted by Gasteiger charge is 2.43. The quantitative estimate of drug-likeness (QED) is 0.292. The van der Waals surface area contributed by atoms with E-state index >= 15 is 0 Å². The monoisotopic (exact) mass is 675 g/mol. The third-order valence-electron chi connectivity index (χ3n) is 7.63. The number of carboxylic acid groups (broad SMARTS) is 1. The second kappa shape index (κ2) is 12.3. The van der Waals surface area contributed by atoms with Crippen LogP contribution in [-0.2, 0) is 21.0 Å². The van der Waals surface area contributed by atoms with Crippen molar-refractivity contribution >= 4 is 51.7 Å². The molecule has 0 unspecified atom stereocenters. The van der Waals surface area contributed by atoms with Gasteiger partial charge in [0.1, 0.15) is 6.61 Å². The van der Waals surface area contributed by atoms with E-state index in [1.165, 1.54) is 0 Å². The van der Waals surface area contributed by atoms with Crippen LogP contribution in [-0.4, -0.2) is 40.7 Å². The predicted octanol–water partition coefficient (Wildman–Crippen LogP) is 6.81. The Morgan fingerprint density at radius 3 is 2.27 bits per heavy atom. The van der Waals surface area contributed by atoms with Gasteiger partial charge < -0.3 is 19.5 Å². The van der Waals surface area contributed by atoms with Gasteiger partial charge >= 0.3 is 5.97 Å². The van der Waals surface area contributed by atoms with Crippen LogP contribution < -0.4 is 9.47 Å². The molecule has 5 rings (SSSR count). The molecule has 0 fully saturated rings. The first-order valence-electron chi connectivity index (χ1n) is 13.6. The van der Waals surface area contributed by atoms with Gasteiger partial charge in [-0.3, -0.25) is 14.4 Å². The Hall–Kier alpha value is -2.85. The molecular weight excluding hydrogens is 645 g/mol. The highest BCUT2D eigenvalue weighted by Crippen LogP contribution is 2.50. The Morgan fingerprint density at radius 1 is 1.02 bits per heavy atom. The molecule has 0 aromatic heterocycles. The topological polar surface area (TPSA) is 93.1 Å². The Labute approximate surface area is 252 Å². The molecule has 2 aromatic rings. The van der Waals surface area contributed by atoms with Crippen molar-refractivity contribution in [2.75, 3.05) is 13.2 Å². The number of hydrogen-bond acceptors (Lipinski definition) is 6. The number of ketones is 2. The highest BCUT2D eigenvalue weighted by atomic mass is 127. The van der Waals surface area contributed by atoms with Crippen molar-refractivity contribution in [2.45, 2.75) is 64.4 Å². The first kappa shape index (κ1) is 28.7. The molecule has 3 aliphatic rings. The molecule has 0 radical (unpaired) electrons. The van der Waals surface area contributed by atoms with E-state index in [1.807, 2.05) is 48.2 Å². The fraction of sp³-hybridized carbons (Fsp3) is 0.387. The molecule has 0 amide bonds. The highest BCUT2D eigenvalue weighted by molar-refractivity contribution is 14.1. The number of Topliss-reactive ketones (excluding diaryl/α,β-unsaturated/α-hetero) is 2. The number of carbonyl (C=O) groups excluding carboxylic acids is 2. The fourth-order valence-electron chi connectivity index (χ4n) is 5.95. The summed E-state index contributed by atoms with van der Waals surface area (Å²) in [6.45, 7) is 2.82. The van der Waals surface area contributed by atoms with E-state index in [0.717, 1.165) is 26.1 Å². The lowest BCUT2D eigenvalue weighted by atomic mass is 9.71. The zero-order chi connectivity index (χ0) is 28.4. The molecule has 0 atom stereocenters. The molecule has 0 spiro atoms. The number of ether oxygens (including phenoxy) is 2. The maximum Gasteiger partial charge on any atom is 0.305 e. The summed E-state index contributed by atoms with van der Waals surface area (Å²) in [5.41, 5.74) is 4.62. The molecular formula is C31H31ClINO6. The molecule has 0 bridgehead atoms. The van der Waals surface area contributed by atoms with Crippen LogP contribution in [0.15, 0.2) is 58.9 Å². The molecule has 0 saturated carbocycles. The van der Waals surface area contributed by atoms with Crippen LogP contribution in [0, 0.1) is 3.57 Å². The average Bonchev–Trinajstić information content (AvgIpc) is 2.92. The van der Waals surface area contributed by atoms with E-state index in [0.29, 0.717) is 72.8 Å². The van der Waals surface area contributed by atoms with Crippen molar-refractivity contribution in [1.82, 2.24) is 4.90 Å². The van der Waals surface area contributed by atoms with E-state index < -0.39 is 11.9 Å². The van der Waals surface area contributed by atoms with E-state index in [2.05, 4.69) is 22.6 Å². The van der Waals surface area contributed by atoms with Crippen LogP contribution in [0.3, 0.4) is 0 Å². The minimum atomic E-state index is -0.904. The summed E-state index contributed by atoms with van der Waals surface area (Å²) in [5, 5.41) is 10.0. The van der Waals surface area contributed by atoms with Gasteiger partial charge in [-0.2, -0.15) is 0 Å². The van der Waals surface area contributed by atoms with Gasteiger partial charge in [-0.15, -0.1) is 0 Å². The van der Waals surface area contributed by atoms with Gasteiger partial charge in [0.05, 0.1) is 16.6 Å². The number of hydrogen-bond donors (Lipinski definition) is 1. The van der Waals surface area contributed by atoms with E-state index in [1.54, 1.807) is 0 Å². The lowest BCUT2D eigenvalue weighted by Gasteiger charge is -2.44. The molecule has 40 heavy (non-hydrogen) atoms. The summed E-state index contributed by atoms with van der Waals surface area (Å²) in [6, 6.07) is 11.4. The van der Waals surface area contributed by atoms with Crippen molar-refractivity contribution in [3.8, 4) is 11.5 Å². The van der Waals surface area contributed by atoms with Crippen LogP contribution in [0.4, 0.5) is 0 Å². The van der Waals surface area contributed by atoms with Gasteiger partial charge in [0.25, 0.3) is 0 Å². The molecule has 1 heterocycles. The fourth-order valence-corrected chi connectivity index (χ4v) is 6.92. The molecule has 0 saturated heterocycles. The number of carboxylic acids is 1. The summed E-state index contributed by atoms with van der Waals surface area (Å²) in [7, 11) is 0. The van der Waals surface area contributed by atoms with Crippen molar-refractivity contribution in [3.63, 3.8) is 0 Å². The van der Waals surface area contributed by atoms with E-state index in [-0.39, 0.29) is 31.1 Å². The lowest BCUT2D eigenvalue weighted by molar-refractivity contribution is -0.137. The number of halogens is 2. The molecule has 1 aliphatic heterocycles. The van der Waals surface area contributed by atoms with Gasteiger partial charge in [0.2, 0.25) is 0 Å². The largest absolute Gasteiger partial charge is 0.490 e. The zero-order valence-corrected chi connectivity index (χ0v) is 25.2. The third kappa shape index (κ3) is 5.65. The zero-order valence-electron chi connectivity index (χ0n) is 22.3. The summed E-state index contributed by atoms with van der Waals surface area (Å²) in [4.78, 5) is 40.5. The summed E-state index contributed by atoms with van der Waals surface area (Å²) >= 11 is 8.56. The van der Waals surface area contributed by atoms with Crippen LogP contribution in [0.5, 0.6) is 11.5 Å². The van der Waals surface area contributed by atoms with E-state index in [4.69, 9.17) is 21.1 Å². The second-order valence-electron chi connectivity index (χ2n) is 10.1. The number of nitrogens with zero attached hydrogens (tertiary/aromatic N) is 1. The maximum atomic E-state index is 13.5. The molecule has 210 valence electrons. The van der Waals surface area contributed by atoms with Crippen LogP contribution >= 0.6 is 34.2 Å².